The predicted octanol–water partition coefficient (Wildman–Crippen LogP) is 2.26. The maximum atomic E-state index is 13.6. The third-order valence-corrected chi connectivity index (χ3v) is 3.76. The summed E-state index contributed by atoms with van der Waals surface area (Å²) in [6.07, 6.45) is 1.90. The molecular weight excluding hydrogens is 229 g/mol. The molecule has 18 heavy (non-hydrogen) atoms. The summed E-state index contributed by atoms with van der Waals surface area (Å²) in [6.45, 7) is 3.70. The normalized spacial score (nSPS) is 23.8. The standard InChI is InChI=1S/C14H18FN3/c1-2-10-9-18(7-6-13(10)17)14-5-3-4-12(15)11(14)8-16/h3-5,10,13H,2,6-7,9,17H2,1H3. The Morgan fingerprint density at radius 2 is 2.33 bits per heavy atom. The zero-order valence-electron chi connectivity index (χ0n) is 10.6. The first-order valence-electron chi connectivity index (χ1n) is 6.36. The van der Waals surface area contributed by atoms with Gasteiger partial charge in [-0.3, -0.25) is 0 Å². The Labute approximate surface area is 107 Å². The summed E-state index contributed by atoms with van der Waals surface area (Å²) in [7, 11) is 0. The number of nitrogens with zero attached hydrogens (tertiary/aromatic N) is 2. The molecule has 0 bridgehead atoms. The van der Waals surface area contributed by atoms with Crippen LogP contribution in [0.1, 0.15) is 25.3 Å². The molecule has 1 heterocycles. The van der Waals surface area contributed by atoms with E-state index in [0.29, 0.717) is 11.6 Å². The molecule has 1 fully saturated rings. The highest BCUT2D eigenvalue weighted by Crippen LogP contribution is 2.28. The molecule has 1 aliphatic heterocycles. The first-order valence-corrected chi connectivity index (χ1v) is 6.36. The van der Waals surface area contributed by atoms with Crippen LogP contribution in [0.3, 0.4) is 0 Å². The third-order valence-electron chi connectivity index (χ3n) is 3.76. The Hall–Kier alpha value is -1.60. The molecule has 0 spiro atoms. The number of rotatable bonds is 2. The average Bonchev–Trinajstić information content (AvgIpc) is 2.39. The van der Waals surface area contributed by atoms with Gasteiger partial charge in [-0.15, -0.1) is 0 Å². The van der Waals surface area contributed by atoms with Crippen LogP contribution < -0.4 is 10.6 Å². The van der Waals surface area contributed by atoms with E-state index >= 15 is 0 Å². The van der Waals surface area contributed by atoms with E-state index < -0.39 is 5.82 Å². The van der Waals surface area contributed by atoms with Crippen molar-refractivity contribution in [3.05, 3.63) is 29.6 Å². The van der Waals surface area contributed by atoms with Crippen LogP contribution >= 0.6 is 0 Å². The lowest BCUT2D eigenvalue weighted by molar-refractivity contribution is 0.348. The maximum absolute atomic E-state index is 13.6. The zero-order chi connectivity index (χ0) is 13.1. The maximum Gasteiger partial charge on any atom is 0.143 e. The van der Waals surface area contributed by atoms with E-state index in [9.17, 15) is 4.39 Å². The SMILES string of the molecule is CCC1CN(c2cccc(F)c2C#N)CCC1N. The van der Waals surface area contributed by atoms with Gasteiger partial charge in [0, 0.05) is 19.1 Å². The van der Waals surface area contributed by atoms with Gasteiger partial charge < -0.3 is 10.6 Å². The van der Waals surface area contributed by atoms with Crippen LogP contribution in [0.5, 0.6) is 0 Å². The van der Waals surface area contributed by atoms with Crippen LogP contribution in [0.25, 0.3) is 0 Å². The van der Waals surface area contributed by atoms with Gasteiger partial charge in [-0.25, -0.2) is 4.39 Å². The van der Waals surface area contributed by atoms with Crippen molar-refractivity contribution in [2.75, 3.05) is 18.0 Å². The number of hydrogen-bond acceptors (Lipinski definition) is 3. The van der Waals surface area contributed by atoms with E-state index in [4.69, 9.17) is 11.0 Å². The predicted molar refractivity (Wildman–Crippen MR) is 69.7 cm³/mol. The molecule has 1 aromatic carbocycles. The fraction of sp³-hybridized carbons (Fsp3) is 0.500. The summed E-state index contributed by atoms with van der Waals surface area (Å²) in [5.74, 6) is -0.0357. The number of nitriles is 1. The largest absolute Gasteiger partial charge is 0.370 e. The zero-order valence-corrected chi connectivity index (χ0v) is 10.6. The minimum atomic E-state index is -0.446. The van der Waals surface area contributed by atoms with Crippen molar-refractivity contribution in [3.8, 4) is 6.07 Å². The number of halogens is 1. The van der Waals surface area contributed by atoms with Gasteiger partial charge in [-0.1, -0.05) is 19.4 Å². The smallest absolute Gasteiger partial charge is 0.143 e. The van der Waals surface area contributed by atoms with Crippen molar-refractivity contribution >= 4 is 5.69 Å². The van der Waals surface area contributed by atoms with E-state index in [0.717, 1.165) is 25.9 Å². The van der Waals surface area contributed by atoms with Gasteiger partial charge >= 0.3 is 0 Å². The highest BCUT2D eigenvalue weighted by atomic mass is 19.1. The first-order chi connectivity index (χ1) is 8.67. The Morgan fingerprint density at radius 1 is 1.56 bits per heavy atom. The van der Waals surface area contributed by atoms with E-state index in [1.54, 1.807) is 6.07 Å². The molecule has 4 heteroatoms. The molecule has 1 saturated heterocycles. The molecule has 2 rings (SSSR count). The van der Waals surface area contributed by atoms with Gasteiger partial charge in [-0.2, -0.15) is 5.26 Å². The van der Waals surface area contributed by atoms with Crippen molar-refractivity contribution in [3.63, 3.8) is 0 Å². The second kappa shape index (κ2) is 5.36. The molecule has 1 aliphatic rings. The van der Waals surface area contributed by atoms with E-state index in [1.165, 1.54) is 6.07 Å². The summed E-state index contributed by atoms with van der Waals surface area (Å²) in [6, 6.07) is 6.96. The highest BCUT2D eigenvalue weighted by Gasteiger charge is 2.27. The van der Waals surface area contributed by atoms with Gasteiger partial charge in [0.05, 0.1) is 5.69 Å². The highest BCUT2D eigenvalue weighted by molar-refractivity contribution is 5.60. The molecule has 2 atom stereocenters. The molecule has 96 valence electrons. The molecule has 0 saturated carbocycles. The van der Waals surface area contributed by atoms with Crippen molar-refractivity contribution in [1.29, 1.82) is 5.26 Å². The summed E-state index contributed by atoms with van der Waals surface area (Å²) in [5.41, 5.74) is 6.90. The van der Waals surface area contributed by atoms with E-state index in [-0.39, 0.29) is 11.6 Å². The lowest BCUT2D eigenvalue weighted by Gasteiger charge is -2.38. The number of hydrogen-bond donors (Lipinski definition) is 1. The third kappa shape index (κ3) is 2.32. The average molecular weight is 247 g/mol. The Bertz CT molecular complexity index is 467. The fourth-order valence-corrected chi connectivity index (χ4v) is 2.59. The van der Waals surface area contributed by atoms with Crippen LogP contribution in [0.4, 0.5) is 10.1 Å². The Morgan fingerprint density at radius 3 is 3.00 bits per heavy atom. The van der Waals surface area contributed by atoms with Gasteiger partial charge in [-0.05, 0) is 24.5 Å². The molecule has 0 radical (unpaired) electrons. The van der Waals surface area contributed by atoms with Gasteiger partial charge in [0.25, 0.3) is 0 Å². The molecule has 3 nitrogen and oxygen atoms in total. The minimum Gasteiger partial charge on any atom is -0.370 e. The summed E-state index contributed by atoms with van der Waals surface area (Å²) >= 11 is 0. The molecule has 2 N–H and O–H groups in total. The Balaban J connectivity index is 2.28. The van der Waals surface area contributed by atoms with Crippen LogP contribution in [0.2, 0.25) is 0 Å². The van der Waals surface area contributed by atoms with Crippen molar-refractivity contribution < 1.29 is 4.39 Å². The number of anilines is 1. The fourth-order valence-electron chi connectivity index (χ4n) is 2.59. The molecule has 2 unspecified atom stereocenters. The second-order valence-corrected chi connectivity index (χ2v) is 4.81. The summed E-state index contributed by atoms with van der Waals surface area (Å²) in [4.78, 5) is 2.08. The van der Waals surface area contributed by atoms with Crippen LogP contribution in [0.15, 0.2) is 18.2 Å². The quantitative estimate of drug-likeness (QED) is 0.872. The van der Waals surface area contributed by atoms with Crippen molar-refractivity contribution in [1.82, 2.24) is 0 Å². The molecule has 1 aromatic rings. The van der Waals surface area contributed by atoms with Crippen LogP contribution in [-0.4, -0.2) is 19.1 Å². The number of piperidine rings is 1. The van der Waals surface area contributed by atoms with Crippen LogP contribution in [-0.2, 0) is 0 Å². The lowest BCUT2D eigenvalue weighted by Crippen LogP contribution is -2.47. The van der Waals surface area contributed by atoms with Crippen molar-refractivity contribution in [2.24, 2.45) is 11.7 Å². The van der Waals surface area contributed by atoms with Gasteiger partial charge in [0.2, 0.25) is 0 Å². The minimum absolute atomic E-state index is 0.142. The van der Waals surface area contributed by atoms with Crippen molar-refractivity contribution in [2.45, 2.75) is 25.8 Å². The van der Waals surface area contributed by atoms with Gasteiger partial charge in [0.15, 0.2) is 0 Å². The van der Waals surface area contributed by atoms with Gasteiger partial charge in [0.1, 0.15) is 17.4 Å². The molecular formula is C14H18FN3. The van der Waals surface area contributed by atoms with E-state index in [1.807, 2.05) is 12.1 Å². The summed E-state index contributed by atoms with van der Waals surface area (Å²) in [5, 5.41) is 9.06. The topological polar surface area (TPSA) is 53.0 Å². The Kier molecular flexibility index (Phi) is 3.83. The number of nitrogens with two attached hydrogens (primary N) is 1. The van der Waals surface area contributed by atoms with Crippen LogP contribution in [0, 0.1) is 23.1 Å². The lowest BCUT2D eigenvalue weighted by atomic mass is 9.90. The molecule has 0 aliphatic carbocycles. The monoisotopic (exact) mass is 247 g/mol. The second-order valence-electron chi connectivity index (χ2n) is 4.81. The first kappa shape index (κ1) is 12.8. The molecule has 0 aromatic heterocycles. The summed E-state index contributed by atoms with van der Waals surface area (Å²) < 4.78 is 13.6. The van der Waals surface area contributed by atoms with E-state index in [2.05, 4.69) is 11.8 Å². The number of benzene rings is 1. The molecule has 0 amide bonds.